The Morgan fingerprint density at radius 3 is 2.52 bits per heavy atom. The Morgan fingerprint density at radius 2 is 1.90 bits per heavy atom. The quantitative estimate of drug-likeness (QED) is 0.585. The van der Waals surface area contributed by atoms with Crippen LogP contribution < -0.4 is 15.5 Å². The minimum atomic E-state index is -1.21. The van der Waals surface area contributed by atoms with Gasteiger partial charge in [-0.2, -0.15) is 0 Å². The Balaban J connectivity index is 1.77. The first kappa shape index (κ1) is 20.3. The number of rotatable bonds is 4. The van der Waals surface area contributed by atoms with Crippen LogP contribution in [-0.2, 0) is 14.3 Å². The molecule has 1 atom stereocenters. The van der Waals surface area contributed by atoms with E-state index in [4.69, 9.17) is 11.6 Å². The molecule has 0 saturated carbocycles. The number of halogens is 2. The van der Waals surface area contributed by atoms with Crippen LogP contribution in [0.15, 0.2) is 42.5 Å². The molecule has 0 aliphatic carbocycles. The maximum absolute atomic E-state index is 13.4. The number of nitrogens with zero attached hydrogens (tertiary/aromatic N) is 1. The molecule has 3 rings (SSSR count). The van der Waals surface area contributed by atoms with Crippen LogP contribution in [0.3, 0.4) is 0 Å². The van der Waals surface area contributed by atoms with Crippen molar-refractivity contribution in [2.75, 3.05) is 23.9 Å². The van der Waals surface area contributed by atoms with Crippen molar-refractivity contribution in [1.29, 1.82) is 0 Å². The number of carbonyl (C=O) groups excluding carboxylic acids is 4. The zero-order valence-electron chi connectivity index (χ0n) is 15.1. The number of imide groups is 1. The lowest BCUT2D eigenvalue weighted by atomic mass is 10.0. The fourth-order valence-electron chi connectivity index (χ4n) is 2.72. The molecule has 1 aliphatic rings. The molecule has 0 radical (unpaired) electrons. The summed E-state index contributed by atoms with van der Waals surface area (Å²) >= 11 is 5.72. The Hall–Kier alpha value is -3.46. The van der Waals surface area contributed by atoms with E-state index in [2.05, 4.69) is 15.4 Å². The van der Waals surface area contributed by atoms with Crippen molar-refractivity contribution < 1.29 is 28.3 Å². The summed E-state index contributed by atoms with van der Waals surface area (Å²) < 4.78 is 18.0. The highest BCUT2D eigenvalue weighted by molar-refractivity contribution is 6.31. The third kappa shape index (κ3) is 4.19. The third-order valence-corrected chi connectivity index (χ3v) is 4.52. The van der Waals surface area contributed by atoms with E-state index in [0.29, 0.717) is 11.3 Å². The second kappa shape index (κ2) is 8.27. The molecular formula is C19H15ClFN3O5. The molecule has 2 aromatic carbocycles. The van der Waals surface area contributed by atoms with Gasteiger partial charge >= 0.3 is 12.0 Å². The summed E-state index contributed by atoms with van der Waals surface area (Å²) in [5.74, 6) is -3.87. The van der Waals surface area contributed by atoms with Gasteiger partial charge in [-0.25, -0.2) is 18.9 Å². The Morgan fingerprint density at radius 1 is 1.21 bits per heavy atom. The van der Waals surface area contributed by atoms with Crippen molar-refractivity contribution >= 4 is 46.8 Å². The highest BCUT2D eigenvalue weighted by atomic mass is 35.5. The Kier molecular flexibility index (Phi) is 5.79. The van der Waals surface area contributed by atoms with E-state index in [1.807, 2.05) is 0 Å². The monoisotopic (exact) mass is 419 g/mol. The summed E-state index contributed by atoms with van der Waals surface area (Å²) in [5.41, 5.74) is 0.688. The zero-order chi connectivity index (χ0) is 21.1. The molecule has 1 saturated heterocycles. The van der Waals surface area contributed by atoms with Gasteiger partial charge in [-0.1, -0.05) is 11.6 Å². The van der Waals surface area contributed by atoms with Gasteiger partial charge < -0.3 is 15.4 Å². The Bertz CT molecular complexity index is 996. The van der Waals surface area contributed by atoms with Gasteiger partial charge in [-0.3, -0.25) is 9.59 Å². The van der Waals surface area contributed by atoms with Gasteiger partial charge in [-0.05, 0) is 42.5 Å². The molecule has 0 aromatic heterocycles. The molecule has 1 fully saturated rings. The summed E-state index contributed by atoms with van der Waals surface area (Å²) in [7, 11) is 1.25. The third-order valence-electron chi connectivity index (χ3n) is 4.23. The van der Waals surface area contributed by atoms with E-state index in [9.17, 15) is 23.6 Å². The summed E-state index contributed by atoms with van der Waals surface area (Å²) in [6.45, 7) is -0.199. The van der Waals surface area contributed by atoms with Crippen LogP contribution in [-0.4, -0.2) is 37.5 Å². The lowest BCUT2D eigenvalue weighted by Gasteiger charge is -2.30. The van der Waals surface area contributed by atoms with Crippen LogP contribution >= 0.6 is 11.6 Å². The molecule has 2 N–H and O–H groups in total. The van der Waals surface area contributed by atoms with E-state index < -0.39 is 35.5 Å². The van der Waals surface area contributed by atoms with Crippen LogP contribution in [0, 0.1) is 11.7 Å². The lowest BCUT2D eigenvalue weighted by Crippen LogP contribution is -2.58. The Labute approximate surface area is 169 Å². The maximum atomic E-state index is 13.4. The molecule has 1 heterocycles. The zero-order valence-corrected chi connectivity index (χ0v) is 15.8. The second-order valence-corrected chi connectivity index (χ2v) is 6.48. The molecule has 150 valence electrons. The predicted molar refractivity (Wildman–Crippen MR) is 102 cm³/mol. The van der Waals surface area contributed by atoms with Crippen molar-refractivity contribution in [3.8, 4) is 0 Å². The summed E-state index contributed by atoms with van der Waals surface area (Å²) in [6.07, 6.45) is 0. The number of benzene rings is 2. The van der Waals surface area contributed by atoms with Gasteiger partial charge in [0.2, 0.25) is 11.8 Å². The average molecular weight is 420 g/mol. The van der Waals surface area contributed by atoms with Crippen molar-refractivity contribution in [2.45, 2.75) is 0 Å². The number of urea groups is 1. The van der Waals surface area contributed by atoms with Gasteiger partial charge in [0.1, 0.15) is 11.7 Å². The first-order chi connectivity index (χ1) is 13.8. The molecule has 1 aliphatic heterocycles. The number of hydrogen-bond acceptors (Lipinski definition) is 5. The van der Waals surface area contributed by atoms with Crippen LogP contribution in [0.1, 0.15) is 10.4 Å². The van der Waals surface area contributed by atoms with Crippen LogP contribution in [0.5, 0.6) is 0 Å². The molecule has 29 heavy (non-hydrogen) atoms. The molecule has 2 aromatic rings. The number of methoxy groups -OCH3 is 1. The number of ether oxygens (including phenoxy) is 1. The molecule has 0 bridgehead atoms. The second-order valence-electron chi connectivity index (χ2n) is 6.07. The standard InChI is InChI=1S/C19H15ClFN3O5/c1-29-18(27)10-2-4-11(5-3-10)23-16(25)13-9-22-19(28)24(17(13)26)12-6-7-15(21)14(20)8-12/h2-8,13H,9H2,1H3,(H,22,28)(H,23,25). The predicted octanol–water partition coefficient (Wildman–Crippen LogP) is 2.58. The fourth-order valence-corrected chi connectivity index (χ4v) is 2.90. The van der Waals surface area contributed by atoms with E-state index in [0.717, 1.165) is 17.0 Å². The number of nitrogens with one attached hydrogen (secondary N) is 2. The van der Waals surface area contributed by atoms with Crippen LogP contribution in [0.4, 0.5) is 20.6 Å². The molecule has 8 nitrogen and oxygen atoms in total. The van der Waals surface area contributed by atoms with Crippen molar-refractivity contribution in [2.24, 2.45) is 5.92 Å². The van der Waals surface area contributed by atoms with Gasteiger partial charge in [0.15, 0.2) is 0 Å². The molecular weight excluding hydrogens is 405 g/mol. The highest BCUT2D eigenvalue weighted by Gasteiger charge is 2.39. The van der Waals surface area contributed by atoms with E-state index in [-0.39, 0.29) is 17.3 Å². The molecule has 10 heteroatoms. The minimum Gasteiger partial charge on any atom is -0.465 e. The first-order valence-corrected chi connectivity index (χ1v) is 8.75. The average Bonchev–Trinajstić information content (AvgIpc) is 2.70. The molecule has 0 spiro atoms. The number of anilines is 2. The maximum Gasteiger partial charge on any atom is 0.337 e. The fraction of sp³-hybridized carbons (Fsp3) is 0.158. The van der Waals surface area contributed by atoms with E-state index >= 15 is 0 Å². The lowest BCUT2D eigenvalue weighted by molar-refractivity contribution is -0.130. The van der Waals surface area contributed by atoms with E-state index in [1.165, 1.54) is 37.4 Å². The normalized spacial score (nSPS) is 16.2. The van der Waals surface area contributed by atoms with Gasteiger partial charge in [0, 0.05) is 12.2 Å². The van der Waals surface area contributed by atoms with E-state index in [1.54, 1.807) is 0 Å². The first-order valence-electron chi connectivity index (χ1n) is 8.38. The molecule has 1 unspecified atom stereocenters. The largest absolute Gasteiger partial charge is 0.465 e. The van der Waals surface area contributed by atoms with Crippen LogP contribution in [0.25, 0.3) is 0 Å². The minimum absolute atomic E-state index is 0.0406. The molecule has 4 amide bonds. The van der Waals surface area contributed by atoms with Gasteiger partial charge in [0.05, 0.1) is 23.4 Å². The van der Waals surface area contributed by atoms with Crippen LogP contribution in [0.2, 0.25) is 5.02 Å². The van der Waals surface area contributed by atoms with Gasteiger partial charge in [-0.15, -0.1) is 0 Å². The number of carbonyl (C=O) groups is 4. The highest BCUT2D eigenvalue weighted by Crippen LogP contribution is 2.26. The summed E-state index contributed by atoms with van der Waals surface area (Å²) in [6, 6.07) is 8.48. The van der Waals surface area contributed by atoms with Crippen molar-refractivity contribution in [3.05, 3.63) is 58.9 Å². The summed E-state index contributed by atoms with van der Waals surface area (Å²) in [5, 5.41) is 4.74. The number of esters is 1. The number of amides is 4. The smallest absolute Gasteiger partial charge is 0.337 e. The summed E-state index contributed by atoms with van der Waals surface area (Å²) in [4.78, 5) is 49.6. The van der Waals surface area contributed by atoms with Crippen molar-refractivity contribution in [3.63, 3.8) is 0 Å². The van der Waals surface area contributed by atoms with Crippen molar-refractivity contribution in [1.82, 2.24) is 5.32 Å². The topological polar surface area (TPSA) is 105 Å². The SMILES string of the molecule is COC(=O)c1ccc(NC(=O)C2CNC(=O)N(c3ccc(F)c(Cl)c3)C2=O)cc1. The van der Waals surface area contributed by atoms with Gasteiger partial charge in [0.25, 0.3) is 0 Å². The number of hydrogen-bond donors (Lipinski definition) is 2.